The molecule has 0 saturated heterocycles. The SMILES string of the molecule is CC(C)CCNC(=O)CNC(=O)C(C)S. The molecule has 15 heavy (non-hydrogen) atoms. The van der Waals surface area contributed by atoms with Gasteiger partial charge in [0.15, 0.2) is 0 Å². The van der Waals surface area contributed by atoms with E-state index in [1.54, 1.807) is 6.92 Å². The Hall–Kier alpha value is -0.710. The summed E-state index contributed by atoms with van der Waals surface area (Å²) in [6, 6.07) is 0. The van der Waals surface area contributed by atoms with Crippen LogP contribution in [0.3, 0.4) is 0 Å². The standard InChI is InChI=1S/C10H20N2O2S/c1-7(2)4-5-11-9(13)6-12-10(14)8(3)15/h7-8,15H,4-6H2,1-3H3,(H,11,13)(H,12,14). The normalized spacial score (nSPS) is 12.3. The van der Waals surface area contributed by atoms with Crippen LogP contribution in [0.2, 0.25) is 0 Å². The Kier molecular flexibility index (Phi) is 7.21. The third-order valence-electron chi connectivity index (χ3n) is 1.85. The zero-order valence-corrected chi connectivity index (χ0v) is 10.4. The van der Waals surface area contributed by atoms with E-state index in [-0.39, 0.29) is 23.6 Å². The first-order valence-corrected chi connectivity index (χ1v) is 5.67. The Morgan fingerprint density at radius 2 is 1.80 bits per heavy atom. The molecule has 0 bridgehead atoms. The molecular weight excluding hydrogens is 212 g/mol. The van der Waals surface area contributed by atoms with Crippen molar-refractivity contribution < 1.29 is 9.59 Å². The molecule has 0 fully saturated rings. The lowest BCUT2D eigenvalue weighted by Crippen LogP contribution is -2.39. The lowest BCUT2D eigenvalue weighted by atomic mass is 10.1. The van der Waals surface area contributed by atoms with E-state index >= 15 is 0 Å². The second kappa shape index (κ2) is 7.56. The molecule has 0 heterocycles. The molecule has 0 aliphatic heterocycles. The summed E-state index contributed by atoms with van der Waals surface area (Å²) in [6.45, 7) is 6.53. The number of hydrogen-bond donors (Lipinski definition) is 3. The van der Waals surface area contributed by atoms with Gasteiger partial charge < -0.3 is 10.6 Å². The predicted octanol–water partition coefficient (Wildman–Crippen LogP) is 0.583. The van der Waals surface area contributed by atoms with Crippen LogP contribution in [-0.2, 0) is 9.59 Å². The number of hydrogen-bond acceptors (Lipinski definition) is 3. The Labute approximate surface area is 96.6 Å². The Morgan fingerprint density at radius 1 is 1.20 bits per heavy atom. The van der Waals surface area contributed by atoms with Gasteiger partial charge in [-0.25, -0.2) is 0 Å². The molecule has 0 radical (unpaired) electrons. The highest BCUT2D eigenvalue weighted by Crippen LogP contribution is 1.96. The Bertz CT molecular complexity index is 217. The van der Waals surface area contributed by atoms with Crippen molar-refractivity contribution in [3.8, 4) is 0 Å². The van der Waals surface area contributed by atoms with Gasteiger partial charge in [-0.15, -0.1) is 0 Å². The van der Waals surface area contributed by atoms with Crippen molar-refractivity contribution in [2.24, 2.45) is 5.92 Å². The molecule has 88 valence electrons. The summed E-state index contributed by atoms with van der Waals surface area (Å²) in [5.41, 5.74) is 0. The number of amides is 2. The van der Waals surface area contributed by atoms with Crippen LogP contribution < -0.4 is 10.6 Å². The van der Waals surface area contributed by atoms with Crippen LogP contribution >= 0.6 is 12.6 Å². The second-order valence-electron chi connectivity index (χ2n) is 3.93. The third-order valence-corrected chi connectivity index (χ3v) is 2.08. The first-order valence-electron chi connectivity index (χ1n) is 5.16. The minimum absolute atomic E-state index is 0.0296. The first-order chi connectivity index (χ1) is 6.93. The zero-order chi connectivity index (χ0) is 11.8. The smallest absolute Gasteiger partial charge is 0.239 e. The summed E-state index contributed by atoms with van der Waals surface area (Å²) < 4.78 is 0. The van der Waals surface area contributed by atoms with Crippen LogP contribution in [-0.4, -0.2) is 30.2 Å². The van der Waals surface area contributed by atoms with Crippen LogP contribution in [0.25, 0.3) is 0 Å². The van der Waals surface area contributed by atoms with Crippen molar-refractivity contribution in [3.05, 3.63) is 0 Å². The summed E-state index contributed by atoms with van der Waals surface area (Å²) in [6.07, 6.45) is 0.947. The maximum atomic E-state index is 11.2. The van der Waals surface area contributed by atoms with E-state index in [9.17, 15) is 9.59 Å². The molecule has 0 aliphatic carbocycles. The van der Waals surface area contributed by atoms with E-state index in [4.69, 9.17) is 0 Å². The van der Waals surface area contributed by atoms with Gasteiger partial charge in [0.05, 0.1) is 11.8 Å². The quantitative estimate of drug-likeness (QED) is 0.587. The molecular formula is C10H20N2O2S. The van der Waals surface area contributed by atoms with E-state index in [2.05, 4.69) is 37.1 Å². The molecule has 2 amide bonds. The first kappa shape index (κ1) is 14.3. The van der Waals surface area contributed by atoms with Gasteiger partial charge in [0.2, 0.25) is 11.8 Å². The van der Waals surface area contributed by atoms with Crippen LogP contribution in [0.5, 0.6) is 0 Å². The fourth-order valence-corrected chi connectivity index (χ4v) is 0.969. The number of thiol groups is 1. The average Bonchev–Trinajstić information content (AvgIpc) is 2.13. The summed E-state index contributed by atoms with van der Waals surface area (Å²) in [7, 11) is 0. The summed E-state index contributed by atoms with van der Waals surface area (Å²) in [4.78, 5) is 22.3. The van der Waals surface area contributed by atoms with Crippen molar-refractivity contribution >= 4 is 24.4 Å². The molecule has 0 aromatic rings. The van der Waals surface area contributed by atoms with Gasteiger partial charge in [0.25, 0.3) is 0 Å². The summed E-state index contributed by atoms with van der Waals surface area (Å²) >= 11 is 3.95. The molecule has 2 N–H and O–H groups in total. The molecule has 1 unspecified atom stereocenters. The van der Waals surface area contributed by atoms with Gasteiger partial charge in [-0.05, 0) is 19.3 Å². The monoisotopic (exact) mass is 232 g/mol. The van der Waals surface area contributed by atoms with Gasteiger partial charge in [0, 0.05) is 6.54 Å². The fourth-order valence-electron chi connectivity index (χ4n) is 0.878. The molecule has 0 spiro atoms. The maximum Gasteiger partial charge on any atom is 0.239 e. The van der Waals surface area contributed by atoms with Gasteiger partial charge in [-0.1, -0.05) is 13.8 Å². The third kappa shape index (κ3) is 8.30. The van der Waals surface area contributed by atoms with Crippen LogP contribution in [0.15, 0.2) is 0 Å². The van der Waals surface area contributed by atoms with Gasteiger partial charge >= 0.3 is 0 Å². The summed E-state index contributed by atoms with van der Waals surface area (Å²) in [5, 5.41) is 4.84. The largest absolute Gasteiger partial charge is 0.355 e. The second-order valence-corrected chi connectivity index (χ2v) is 4.70. The minimum atomic E-state index is -0.381. The van der Waals surface area contributed by atoms with Crippen molar-refractivity contribution in [1.82, 2.24) is 10.6 Å². The molecule has 0 rings (SSSR count). The highest BCUT2D eigenvalue weighted by molar-refractivity contribution is 7.81. The lowest BCUT2D eigenvalue weighted by Gasteiger charge is -2.09. The molecule has 0 aliphatic rings. The average molecular weight is 232 g/mol. The number of carbonyl (C=O) groups is 2. The van der Waals surface area contributed by atoms with E-state index in [0.29, 0.717) is 12.5 Å². The Balaban J connectivity index is 3.54. The van der Waals surface area contributed by atoms with Gasteiger partial charge in [0.1, 0.15) is 0 Å². The van der Waals surface area contributed by atoms with Gasteiger partial charge in [-0.3, -0.25) is 9.59 Å². The number of nitrogens with one attached hydrogen (secondary N) is 2. The van der Waals surface area contributed by atoms with Crippen molar-refractivity contribution in [2.75, 3.05) is 13.1 Å². The number of rotatable bonds is 6. The highest BCUT2D eigenvalue weighted by atomic mass is 32.1. The van der Waals surface area contributed by atoms with Crippen LogP contribution in [0.4, 0.5) is 0 Å². The van der Waals surface area contributed by atoms with Gasteiger partial charge in [-0.2, -0.15) is 12.6 Å². The predicted molar refractivity (Wildman–Crippen MR) is 63.9 cm³/mol. The maximum absolute atomic E-state index is 11.2. The highest BCUT2D eigenvalue weighted by Gasteiger charge is 2.08. The Morgan fingerprint density at radius 3 is 2.27 bits per heavy atom. The van der Waals surface area contributed by atoms with Crippen molar-refractivity contribution in [1.29, 1.82) is 0 Å². The topological polar surface area (TPSA) is 58.2 Å². The van der Waals surface area contributed by atoms with Crippen LogP contribution in [0, 0.1) is 5.92 Å². The molecule has 0 saturated carbocycles. The van der Waals surface area contributed by atoms with E-state index in [0.717, 1.165) is 6.42 Å². The summed E-state index contributed by atoms with van der Waals surface area (Å²) in [5.74, 6) is 0.188. The van der Waals surface area contributed by atoms with Crippen molar-refractivity contribution in [3.63, 3.8) is 0 Å². The van der Waals surface area contributed by atoms with E-state index < -0.39 is 0 Å². The molecule has 0 aromatic heterocycles. The van der Waals surface area contributed by atoms with Crippen LogP contribution in [0.1, 0.15) is 27.2 Å². The molecule has 1 atom stereocenters. The molecule has 4 nitrogen and oxygen atoms in total. The van der Waals surface area contributed by atoms with Crippen molar-refractivity contribution in [2.45, 2.75) is 32.4 Å². The minimum Gasteiger partial charge on any atom is -0.355 e. The fraction of sp³-hybridized carbons (Fsp3) is 0.800. The molecule has 0 aromatic carbocycles. The van der Waals surface area contributed by atoms with E-state index in [1.165, 1.54) is 0 Å². The zero-order valence-electron chi connectivity index (χ0n) is 9.54. The van der Waals surface area contributed by atoms with E-state index in [1.807, 2.05) is 0 Å². The molecule has 5 heteroatoms. The lowest BCUT2D eigenvalue weighted by molar-refractivity contribution is -0.125. The number of carbonyl (C=O) groups excluding carboxylic acids is 2.